The molecule has 2 N–H and O–H groups in total. The van der Waals surface area contributed by atoms with Gasteiger partial charge in [0.05, 0.1) is 22.4 Å². The van der Waals surface area contributed by atoms with Gasteiger partial charge >= 0.3 is 0 Å². The number of amides is 1. The monoisotopic (exact) mass is 398 g/mol. The fraction of sp³-hybridized carbons (Fsp3) is 0. The Balaban J connectivity index is 1.54. The molecule has 4 aromatic rings. The number of carbonyl (C=O) groups excluding carboxylic acids is 1. The van der Waals surface area contributed by atoms with Crippen molar-refractivity contribution in [3.63, 3.8) is 0 Å². The van der Waals surface area contributed by atoms with E-state index in [0.29, 0.717) is 27.3 Å². The number of anilines is 1. The lowest BCUT2D eigenvalue weighted by atomic mass is 10.1. The van der Waals surface area contributed by atoms with Crippen molar-refractivity contribution in [3.8, 4) is 0 Å². The lowest BCUT2D eigenvalue weighted by molar-refractivity contribution is 0.0978. The number of rotatable bonds is 2. The molecule has 0 bridgehead atoms. The molecule has 0 atom stereocenters. The Bertz CT molecular complexity index is 1160. The van der Waals surface area contributed by atoms with Crippen LogP contribution >= 0.6 is 35.5 Å². The molecular weight excluding hydrogens is 388 g/mol. The van der Waals surface area contributed by atoms with Gasteiger partial charge in [0.2, 0.25) is 0 Å². The predicted molar refractivity (Wildman–Crippen MR) is 110 cm³/mol. The van der Waals surface area contributed by atoms with Gasteiger partial charge in [-0.2, -0.15) is 8.75 Å². The minimum Gasteiger partial charge on any atom is -0.329 e. The van der Waals surface area contributed by atoms with E-state index in [2.05, 4.69) is 19.4 Å². The topological polar surface area (TPSA) is 66.9 Å². The molecule has 0 radical (unpaired) electrons. The van der Waals surface area contributed by atoms with E-state index in [9.17, 15) is 4.79 Å². The molecule has 0 aliphatic carbocycles. The first kappa shape index (κ1) is 16.8. The van der Waals surface area contributed by atoms with Gasteiger partial charge in [0.15, 0.2) is 5.11 Å². The average Bonchev–Trinajstić information content (AvgIpc) is 3.12. The second-order valence-corrected chi connectivity index (χ2v) is 6.87. The molecule has 4 rings (SSSR count). The van der Waals surface area contributed by atoms with Crippen LogP contribution in [-0.2, 0) is 0 Å². The first-order valence-corrected chi connectivity index (χ1v) is 9.15. The summed E-state index contributed by atoms with van der Waals surface area (Å²) in [6.07, 6.45) is 0. The quantitative estimate of drug-likeness (QED) is 0.482. The van der Waals surface area contributed by atoms with Gasteiger partial charge in [0.1, 0.15) is 11.0 Å². The molecule has 1 amide bonds. The van der Waals surface area contributed by atoms with Gasteiger partial charge in [-0.1, -0.05) is 41.9 Å². The normalized spacial score (nSPS) is 10.8. The third-order valence-electron chi connectivity index (χ3n) is 3.85. The van der Waals surface area contributed by atoms with E-state index in [0.717, 1.165) is 22.5 Å². The zero-order valence-corrected chi connectivity index (χ0v) is 15.6. The van der Waals surface area contributed by atoms with Crippen molar-refractivity contribution in [2.45, 2.75) is 0 Å². The third kappa shape index (κ3) is 3.24. The van der Waals surface area contributed by atoms with Crippen LogP contribution in [0.3, 0.4) is 0 Å². The highest BCUT2D eigenvalue weighted by Gasteiger charge is 2.13. The van der Waals surface area contributed by atoms with Crippen molar-refractivity contribution in [2.75, 3.05) is 5.32 Å². The summed E-state index contributed by atoms with van der Waals surface area (Å²) in [5.41, 5.74) is 2.38. The summed E-state index contributed by atoms with van der Waals surface area (Å²) < 4.78 is 8.38. The van der Waals surface area contributed by atoms with Gasteiger partial charge in [-0.05, 0) is 47.3 Å². The SMILES string of the molecule is O=C(NC(=S)Nc1c(Cl)ccc2nsnc12)c1ccc2ccccc2c1. The molecule has 3 aromatic carbocycles. The molecule has 0 saturated heterocycles. The third-order valence-corrected chi connectivity index (χ3v) is 4.92. The van der Waals surface area contributed by atoms with Crippen molar-refractivity contribution < 1.29 is 4.79 Å². The van der Waals surface area contributed by atoms with E-state index < -0.39 is 0 Å². The largest absolute Gasteiger partial charge is 0.329 e. The molecule has 0 aliphatic heterocycles. The molecule has 26 heavy (non-hydrogen) atoms. The Kier molecular flexibility index (Phi) is 4.50. The van der Waals surface area contributed by atoms with Crippen LogP contribution in [0.1, 0.15) is 10.4 Å². The van der Waals surface area contributed by atoms with Crippen LogP contribution in [0.25, 0.3) is 21.8 Å². The molecule has 0 aliphatic rings. The first-order valence-electron chi connectivity index (χ1n) is 7.64. The molecule has 128 valence electrons. The first-order chi connectivity index (χ1) is 12.6. The second-order valence-electron chi connectivity index (χ2n) is 5.52. The van der Waals surface area contributed by atoms with E-state index in [1.165, 1.54) is 0 Å². The van der Waals surface area contributed by atoms with E-state index in [4.69, 9.17) is 23.8 Å². The Morgan fingerprint density at radius 2 is 1.85 bits per heavy atom. The molecule has 0 saturated carbocycles. The number of hydrogen-bond donors (Lipinski definition) is 2. The van der Waals surface area contributed by atoms with Crippen LogP contribution in [0.5, 0.6) is 0 Å². The zero-order chi connectivity index (χ0) is 18.1. The molecule has 0 spiro atoms. The van der Waals surface area contributed by atoms with Crippen LogP contribution in [0, 0.1) is 0 Å². The number of benzene rings is 3. The number of carbonyl (C=O) groups is 1. The number of halogens is 1. The summed E-state index contributed by atoms with van der Waals surface area (Å²) >= 11 is 12.6. The fourth-order valence-corrected chi connectivity index (χ4v) is 3.53. The van der Waals surface area contributed by atoms with Crippen LogP contribution in [0.4, 0.5) is 5.69 Å². The van der Waals surface area contributed by atoms with Crippen molar-refractivity contribution in [2.24, 2.45) is 0 Å². The summed E-state index contributed by atoms with van der Waals surface area (Å²) in [5, 5.41) is 8.27. The Labute approximate surface area is 163 Å². The van der Waals surface area contributed by atoms with E-state index in [1.54, 1.807) is 18.2 Å². The van der Waals surface area contributed by atoms with Crippen LogP contribution < -0.4 is 10.6 Å². The van der Waals surface area contributed by atoms with Crippen LogP contribution in [0.2, 0.25) is 5.02 Å². The van der Waals surface area contributed by atoms with Gasteiger partial charge in [0.25, 0.3) is 5.91 Å². The fourth-order valence-electron chi connectivity index (χ4n) is 2.60. The number of nitrogens with one attached hydrogen (secondary N) is 2. The molecule has 1 heterocycles. The maximum Gasteiger partial charge on any atom is 0.257 e. The Morgan fingerprint density at radius 3 is 2.69 bits per heavy atom. The zero-order valence-electron chi connectivity index (χ0n) is 13.2. The summed E-state index contributed by atoms with van der Waals surface area (Å²) in [6.45, 7) is 0. The van der Waals surface area contributed by atoms with E-state index in [1.807, 2.05) is 36.4 Å². The maximum absolute atomic E-state index is 12.5. The number of hydrogen-bond acceptors (Lipinski definition) is 5. The number of aromatic nitrogens is 2. The Hall–Kier alpha value is -2.61. The molecule has 1 aromatic heterocycles. The number of nitrogens with zero attached hydrogens (tertiary/aromatic N) is 2. The van der Waals surface area contributed by atoms with Gasteiger partial charge in [-0.15, -0.1) is 0 Å². The average molecular weight is 399 g/mol. The standard InChI is InChI=1S/C18H11ClN4OS2/c19-13-7-8-14-16(23-26-22-14)15(13)20-18(25)21-17(24)12-6-5-10-3-1-2-4-11(10)9-12/h1-9H,(H2,20,21,24,25). The van der Waals surface area contributed by atoms with Crippen LogP contribution in [-0.4, -0.2) is 19.8 Å². The highest BCUT2D eigenvalue weighted by molar-refractivity contribution is 7.80. The van der Waals surface area contributed by atoms with Crippen molar-refractivity contribution >= 4 is 74.1 Å². The lowest BCUT2D eigenvalue weighted by Gasteiger charge is -2.11. The lowest BCUT2D eigenvalue weighted by Crippen LogP contribution is -2.34. The van der Waals surface area contributed by atoms with Crippen molar-refractivity contribution in [1.82, 2.24) is 14.1 Å². The smallest absolute Gasteiger partial charge is 0.257 e. The number of fused-ring (bicyclic) bond motifs is 2. The second kappa shape index (κ2) is 6.95. The number of thiocarbonyl (C=S) groups is 1. The van der Waals surface area contributed by atoms with Crippen molar-refractivity contribution in [1.29, 1.82) is 0 Å². The highest BCUT2D eigenvalue weighted by Crippen LogP contribution is 2.29. The minimum absolute atomic E-state index is 0.144. The van der Waals surface area contributed by atoms with Crippen LogP contribution in [0.15, 0.2) is 54.6 Å². The minimum atomic E-state index is -0.298. The molecule has 0 unspecified atom stereocenters. The molecule has 0 fully saturated rings. The predicted octanol–water partition coefficient (Wildman–Crippen LogP) is 4.62. The summed E-state index contributed by atoms with van der Waals surface area (Å²) in [7, 11) is 0. The van der Waals surface area contributed by atoms with E-state index >= 15 is 0 Å². The summed E-state index contributed by atoms with van der Waals surface area (Å²) in [6, 6.07) is 16.8. The summed E-state index contributed by atoms with van der Waals surface area (Å²) in [5.74, 6) is -0.298. The Morgan fingerprint density at radius 1 is 1.04 bits per heavy atom. The highest BCUT2D eigenvalue weighted by atomic mass is 35.5. The maximum atomic E-state index is 12.5. The van der Waals surface area contributed by atoms with Gasteiger partial charge in [-0.25, -0.2) is 0 Å². The summed E-state index contributed by atoms with van der Waals surface area (Å²) in [4.78, 5) is 12.5. The molecule has 5 nitrogen and oxygen atoms in total. The van der Waals surface area contributed by atoms with Crippen molar-refractivity contribution in [3.05, 3.63) is 65.2 Å². The van der Waals surface area contributed by atoms with Gasteiger partial charge < -0.3 is 5.32 Å². The molecule has 8 heteroatoms. The molecular formula is C18H11ClN4OS2. The van der Waals surface area contributed by atoms with E-state index in [-0.39, 0.29) is 11.0 Å². The van der Waals surface area contributed by atoms with Gasteiger partial charge in [0, 0.05) is 5.56 Å². The van der Waals surface area contributed by atoms with Gasteiger partial charge in [-0.3, -0.25) is 10.1 Å².